The summed E-state index contributed by atoms with van der Waals surface area (Å²) in [5.41, 5.74) is 3.56. The first-order valence-electron chi connectivity index (χ1n) is 10.5. The van der Waals surface area contributed by atoms with Crippen molar-refractivity contribution in [3.63, 3.8) is 0 Å². The van der Waals surface area contributed by atoms with Crippen LogP contribution in [0, 0.1) is 6.92 Å². The lowest BCUT2D eigenvalue weighted by atomic mass is 9.99. The first kappa shape index (κ1) is 21.5. The highest BCUT2D eigenvalue weighted by Gasteiger charge is 2.30. The highest BCUT2D eigenvalue weighted by Crippen LogP contribution is 2.30. The van der Waals surface area contributed by atoms with E-state index >= 15 is 0 Å². The van der Waals surface area contributed by atoms with Crippen LogP contribution < -0.4 is 4.90 Å². The van der Waals surface area contributed by atoms with E-state index < -0.39 is 10.0 Å². The molecule has 31 heavy (non-hydrogen) atoms. The molecule has 0 bridgehead atoms. The Kier molecular flexibility index (Phi) is 5.85. The van der Waals surface area contributed by atoms with Gasteiger partial charge >= 0.3 is 0 Å². The van der Waals surface area contributed by atoms with Gasteiger partial charge in [-0.1, -0.05) is 23.8 Å². The summed E-state index contributed by atoms with van der Waals surface area (Å²) in [6.07, 6.45) is 1.81. The topological polar surface area (TPSA) is 78.0 Å². The van der Waals surface area contributed by atoms with E-state index in [0.29, 0.717) is 25.2 Å². The van der Waals surface area contributed by atoms with Crippen LogP contribution in [0.25, 0.3) is 0 Å². The SMILES string of the molecule is CC(=O)N1CCN(S(=O)(=O)c2cccc(C(=O)N3CCCc4cc(C)ccc43)c2)CC1. The Labute approximate surface area is 183 Å². The van der Waals surface area contributed by atoms with E-state index in [4.69, 9.17) is 0 Å². The Hall–Kier alpha value is -2.71. The summed E-state index contributed by atoms with van der Waals surface area (Å²) in [4.78, 5) is 28.3. The number of amides is 2. The maximum absolute atomic E-state index is 13.3. The number of benzene rings is 2. The molecule has 1 saturated heterocycles. The molecular formula is C23H27N3O4S. The maximum atomic E-state index is 13.3. The molecule has 8 heteroatoms. The van der Waals surface area contributed by atoms with Gasteiger partial charge in [-0.05, 0) is 49.6 Å². The Balaban J connectivity index is 1.58. The van der Waals surface area contributed by atoms with Gasteiger partial charge in [-0.2, -0.15) is 4.31 Å². The van der Waals surface area contributed by atoms with Crippen LogP contribution in [0.1, 0.15) is 34.8 Å². The van der Waals surface area contributed by atoms with E-state index in [1.807, 2.05) is 19.1 Å². The van der Waals surface area contributed by atoms with Crippen LogP contribution in [0.2, 0.25) is 0 Å². The van der Waals surface area contributed by atoms with Crippen molar-refractivity contribution in [3.8, 4) is 0 Å². The quantitative estimate of drug-likeness (QED) is 0.733. The monoisotopic (exact) mass is 441 g/mol. The van der Waals surface area contributed by atoms with Gasteiger partial charge in [0.1, 0.15) is 0 Å². The van der Waals surface area contributed by atoms with Gasteiger partial charge in [0, 0.05) is 50.9 Å². The van der Waals surface area contributed by atoms with Gasteiger partial charge in [0.2, 0.25) is 15.9 Å². The second kappa shape index (κ2) is 8.43. The molecule has 0 N–H and O–H groups in total. The number of piperazine rings is 1. The van der Waals surface area contributed by atoms with Gasteiger partial charge < -0.3 is 9.80 Å². The fourth-order valence-electron chi connectivity index (χ4n) is 4.27. The van der Waals surface area contributed by atoms with Crippen LogP contribution in [0.5, 0.6) is 0 Å². The Morgan fingerprint density at radius 2 is 1.68 bits per heavy atom. The van der Waals surface area contributed by atoms with Crippen LogP contribution in [0.3, 0.4) is 0 Å². The molecule has 4 rings (SSSR count). The molecule has 0 unspecified atom stereocenters. The number of hydrogen-bond donors (Lipinski definition) is 0. The molecule has 7 nitrogen and oxygen atoms in total. The highest BCUT2D eigenvalue weighted by atomic mass is 32.2. The lowest BCUT2D eigenvalue weighted by molar-refractivity contribution is -0.129. The standard InChI is InChI=1S/C23H27N3O4S/c1-17-8-9-22-19(15-17)6-4-10-26(22)23(28)20-5-3-7-21(16-20)31(29,30)25-13-11-24(12-14-25)18(2)27/h3,5,7-9,15-16H,4,6,10-14H2,1-2H3. The normalized spacial score (nSPS) is 17.4. The summed E-state index contributed by atoms with van der Waals surface area (Å²) in [5, 5.41) is 0. The van der Waals surface area contributed by atoms with E-state index in [0.717, 1.165) is 29.7 Å². The fraction of sp³-hybridized carbons (Fsp3) is 0.391. The van der Waals surface area contributed by atoms with Crippen molar-refractivity contribution >= 4 is 27.5 Å². The predicted octanol–water partition coefficient (Wildman–Crippen LogP) is 2.44. The predicted molar refractivity (Wildman–Crippen MR) is 119 cm³/mol. The van der Waals surface area contributed by atoms with Crippen molar-refractivity contribution in [3.05, 3.63) is 59.2 Å². The van der Waals surface area contributed by atoms with E-state index in [2.05, 4.69) is 6.07 Å². The first-order valence-corrected chi connectivity index (χ1v) is 12.0. The lowest BCUT2D eigenvalue weighted by Gasteiger charge is -2.33. The second-order valence-electron chi connectivity index (χ2n) is 8.13. The molecule has 0 atom stereocenters. The summed E-state index contributed by atoms with van der Waals surface area (Å²) >= 11 is 0. The fourth-order valence-corrected chi connectivity index (χ4v) is 5.74. The molecule has 0 spiro atoms. The van der Waals surface area contributed by atoms with Crippen LogP contribution >= 0.6 is 0 Å². The largest absolute Gasteiger partial charge is 0.340 e. The van der Waals surface area contributed by atoms with E-state index in [-0.39, 0.29) is 29.8 Å². The third kappa shape index (κ3) is 4.22. The number of carbonyl (C=O) groups is 2. The number of carbonyl (C=O) groups excluding carboxylic acids is 2. The average Bonchev–Trinajstić information content (AvgIpc) is 2.78. The Bertz CT molecular complexity index is 1120. The van der Waals surface area contributed by atoms with Crippen LogP contribution in [-0.2, 0) is 21.2 Å². The molecule has 0 aromatic heterocycles. The van der Waals surface area contributed by atoms with Crippen molar-refractivity contribution in [2.24, 2.45) is 0 Å². The number of sulfonamides is 1. The molecule has 2 aliphatic rings. The highest BCUT2D eigenvalue weighted by molar-refractivity contribution is 7.89. The Morgan fingerprint density at radius 1 is 0.935 bits per heavy atom. The van der Waals surface area contributed by atoms with Crippen LogP contribution in [0.15, 0.2) is 47.4 Å². The molecule has 0 aliphatic carbocycles. The molecule has 2 amide bonds. The van der Waals surface area contributed by atoms with Gasteiger partial charge in [0.15, 0.2) is 0 Å². The summed E-state index contributed by atoms with van der Waals surface area (Å²) < 4.78 is 27.7. The summed E-state index contributed by atoms with van der Waals surface area (Å²) in [6.45, 7) is 5.37. The second-order valence-corrected chi connectivity index (χ2v) is 10.1. The third-order valence-electron chi connectivity index (χ3n) is 6.00. The third-order valence-corrected chi connectivity index (χ3v) is 7.90. The zero-order chi connectivity index (χ0) is 22.2. The van der Waals surface area contributed by atoms with Gasteiger partial charge in [-0.25, -0.2) is 8.42 Å². The summed E-state index contributed by atoms with van der Waals surface area (Å²) in [7, 11) is -3.74. The van der Waals surface area contributed by atoms with Gasteiger partial charge in [-0.3, -0.25) is 9.59 Å². The van der Waals surface area contributed by atoms with E-state index in [9.17, 15) is 18.0 Å². The minimum atomic E-state index is -3.74. The number of aryl methyl sites for hydroxylation is 2. The molecular weight excluding hydrogens is 414 g/mol. The number of anilines is 1. The molecule has 2 heterocycles. The van der Waals surface area contributed by atoms with Crippen LogP contribution in [-0.4, -0.2) is 62.2 Å². The molecule has 0 saturated carbocycles. The average molecular weight is 442 g/mol. The Morgan fingerprint density at radius 3 is 2.39 bits per heavy atom. The van der Waals surface area contributed by atoms with Crippen molar-refractivity contribution in [2.45, 2.75) is 31.6 Å². The summed E-state index contributed by atoms with van der Waals surface area (Å²) in [5.74, 6) is -0.245. The minimum Gasteiger partial charge on any atom is -0.340 e. The number of hydrogen-bond acceptors (Lipinski definition) is 4. The van der Waals surface area contributed by atoms with Gasteiger partial charge in [-0.15, -0.1) is 0 Å². The first-order chi connectivity index (χ1) is 14.8. The number of nitrogens with zero attached hydrogens (tertiary/aromatic N) is 3. The van der Waals surface area contributed by atoms with Crippen molar-refractivity contribution < 1.29 is 18.0 Å². The molecule has 1 fully saturated rings. The lowest BCUT2D eigenvalue weighted by Crippen LogP contribution is -2.49. The molecule has 164 valence electrons. The minimum absolute atomic E-state index is 0.0540. The summed E-state index contributed by atoms with van der Waals surface area (Å²) in [6, 6.07) is 12.3. The van der Waals surface area contributed by atoms with Gasteiger partial charge in [0.25, 0.3) is 5.91 Å². The van der Waals surface area contributed by atoms with Crippen molar-refractivity contribution in [1.82, 2.24) is 9.21 Å². The number of fused-ring (bicyclic) bond motifs is 1. The van der Waals surface area contributed by atoms with E-state index in [1.165, 1.54) is 23.4 Å². The van der Waals surface area contributed by atoms with Crippen LogP contribution in [0.4, 0.5) is 5.69 Å². The zero-order valence-corrected chi connectivity index (χ0v) is 18.7. The molecule has 0 radical (unpaired) electrons. The molecule has 2 aromatic carbocycles. The van der Waals surface area contributed by atoms with Crippen molar-refractivity contribution in [1.29, 1.82) is 0 Å². The smallest absolute Gasteiger partial charge is 0.258 e. The molecule has 2 aromatic rings. The zero-order valence-electron chi connectivity index (χ0n) is 17.9. The van der Waals surface area contributed by atoms with Crippen molar-refractivity contribution in [2.75, 3.05) is 37.6 Å². The van der Waals surface area contributed by atoms with E-state index in [1.54, 1.807) is 21.9 Å². The maximum Gasteiger partial charge on any atom is 0.258 e. The van der Waals surface area contributed by atoms with Gasteiger partial charge in [0.05, 0.1) is 4.90 Å². The molecule has 2 aliphatic heterocycles. The number of rotatable bonds is 3.